The summed E-state index contributed by atoms with van der Waals surface area (Å²) in [5, 5.41) is 3.00. The molecule has 0 spiro atoms. The molecule has 0 bridgehead atoms. The molecule has 168 valence electrons. The van der Waals surface area contributed by atoms with Gasteiger partial charge >= 0.3 is 0 Å². The number of rotatable bonds is 6. The summed E-state index contributed by atoms with van der Waals surface area (Å²) in [5.74, 6) is 0.550. The van der Waals surface area contributed by atoms with Crippen LogP contribution in [-0.4, -0.2) is 65.2 Å². The fourth-order valence-corrected chi connectivity index (χ4v) is 3.78. The first-order chi connectivity index (χ1) is 16.2. The molecule has 3 N–H and O–H groups in total. The molecule has 0 radical (unpaired) electrons. The molecule has 1 aromatic carbocycles. The van der Waals surface area contributed by atoms with Gasteiger partial charge in [0.05, 0.1) is 18.8 Å². The number of oxazole rings is 1. The van der Waals surface area contributed by atoms with Gasteiger partial charge in [-0.05, 0) is 35.9 Å². The first kappa shape index (κ1) is 21.0. The first-order valence-corrected chi connectivity index (χ1v) is 10.8. The highest BCUT2D eigenvalue weighted by Crippen LogP contribution is 2.31. The van der Waals surface area contributed by atoms with Crippen LogP contribution in [0, 0.1) is 0 Å². The summed E-state index contributed by atoms with van der Waals surface area (Å²) in [6.07, 6.45) is 3.33. The third-order valence-corrected chi connectivity index (χ3v) is 5.59. The Kier molecular flexibility index (Phi) is 5.97. The van der Waals surface area contributed by atoms with Gasteiger partial charge in [-0.25, -0.2) is 9.97 Å². The van der Waals surface area contributed by atoms with Gasteiger partial charge in [0.15, 0.2) is 11.2 Å². The highest BCUT2D eigenvalue weighted by molar-refractivity contribution is 5.95. The molecule has 0 unspecified atom stereocenters. The Morgan fingerprint density at radius 2 is 1.97 bits per heavy atom. The van der Waals surface area contributed by atoms with Gasteiger partial charge in [-0.2, -0.15) is 4.98 Å². The van der Waals surface area contributed by atoms with E-state index < -0.39 is 0 Å². The second-order valence-corrected chi connectivity index (χ2v) is 7.79. The minimum Gasteiger partial charge on any atom is -0.434 e. The molecular weight excluding hydrogens is 420 g/mol. The van der Waals surface area contributed by atoms with Gasteiger partial charge in [0.25, 0.3) is 5.91 Å². The second-order valence-electron chi connectivity index (χ2n) is 7.79. The van der Waals surface area contributed by atoms with Crippen LogP contribution in [0.3, 0.4) is 0 Å². The Hall–Kier alpha value is -3.82. The van der Waals surface area contributed by atoms with E-state index in [9.17, 15) is 4.79 Å². The lowest BCUT2D eigenvalue weighted by Gasteiger charge is -2.26. The highest BCUT2D eigenvalue weighted by Gasteiger charge is 2.15. The van der Waals surface area contributed by atoms with E-state index in [1.165, 1.54) is 0 Å². The zero-order valence-electron chi connectivity index (χ0n) is 18.0. The molecule has 0 atom stereocenters. The van der Waals surface area contributed by atoms with Gasteiger partial charge in [0.2, 0.25) is 5.89 Å². The fraction of sp³-hybridized carbons (Fsp3) is 0.250. The monoisotopic (exact) mass is 444 g/mol. The number of morpholine rings is 1. The summed E-state index contributed by atoms with van der Waals surface area (Å²) in [6, 6.07) is 12.9. The molecule has 3 aromatic heterocycles. The number of anilines is 1. The number of carbonyl (C=O) groups is 1. The van der Waals surface area contributed by atoms with Gasteiger partial charge in [-0.1, -0.05) is 12.1 Å². The van der Waals surface area contributed by atoms with Crippen molar-refractivity contribution in [2.45, 2.75) is 0 Å². The van der Waals surface area contributed by atoms with Gasteiger partial charge < -0.3 is 20.2 Å². The van der Waals surface area contributed by atoms with Crippen LogP contribution in [0.2, 0.25) is 0 Å². The van der Waals surface area contributed by atoms with E-state index >= 15 is 0 Å². The van der Waals surface area contributed by atoms with Gasteiger partial charge in [-0.3, -0.25) is 9.69 Å². The number of hydrogen-bond acceptors (Lipinski definition) is 8. The third-order valence-electron chi connectivity index (χ3n) is 5.59. The second kappa shape index (κ2) is 9.35. The van der Waals surface area contributed by atoms with Crippen molar-refractivity contribution < 1.29 is 13.9 Å². The fourth-order valence-electron chi connectivity index (χ4n) is 3.78. The van der Waals surface area contributed by atoms with Crippen LogP contribution in [0.15, 0.2) is 59.3 Å². The van der Waals surface area contributed by atoms with Crippen LogP contribution in [0.1, 0.15) is 10.4 Å². The number of nitrogens with two attached hydrogens (primary N) is 1. The lowest BCUT2D eigenvalue weighted by atomic mass is 10.0. The third kappa shape index (κ3) is 4.69. The molecule has 1 saturated heterocycles. The number of ether oxygens (including phenoxy) is 1. The van der Waals surface area contributed by atoms with E-state index in [-0.39, 0.29) is 5.91 Å². The van der Waals surface area contributed by atoms with E-state index in [0.717, 1.165) is 44.0 Å². The maximum absolute atomic E-state index is 12.7. The quantitative estimate of drug-likeness (QED) is 0.466. The van der Waals surface area contributed by atoms with Crippen molar-refractivity contribution in [3.63, 3.8) is 0 Å². The van der Waals surface area contributed by atoms with Crippen molar-refractivity contribution in [1.29, 1.82) is 0 Å². The Balaban J connectivity index is 1.33. The highest BCUT2D eigenvalue weighted by atomic mass is 16.5. The topological polar surface area (TPSA) is 119 Å². The summed E-state index contributed by atoms with van der Waals surface area (Å²) in [7, 11) is 0. The van der Waals surface area contributed by atoms with Crippen molar-refractivity contribution in [3.05, 3.63) is 60.4 Å². The van der Waals surface area contributed by atoms with E-state index in [0.29, 0.717) is 40.6 Å². The SMILES string of the molecule is Nc1ncc(-c2cccc(C(=O)NCCN3CCOCC3)c2)cc1-c1nc2ncccc2o1. The predicted molar refractivity (Wildman–Crippen MR) is 124 cm³/mol. The zero-order valence-corrected chi connectivity index (χ0v) is 18.0. The summed E-state index contributed by atoms with van der Waals surface area (Å²) in [5.41, 5.74) is 10.00. The Morgan fingerprint density at radius 3 is 2.82 bits per heavy atom. The molecule has 5 rings (SSSR count). The Labute approximate surface area is 190 Å². The molecule has 1 aliphatic heterocycles. The lowest BCUT2D eigenvalue weighted by Crippen LogP contribution is -2.41. The molecule has 33 heavy (non-hydrogen) atoms. The summed E-state index contributed by atoms with van der Waals surface area (Å²) in [6.45, 7) is 4.67. The number of nitrogens with zero attached hydrogens (tertiary/aromatic N) is 4. The number of amides is 1. The molecule has 0 saturated carbocycles. The van der Waals surface area contributed by atoms with Crippen LogP contribution in [-0.2, 0) is 4.74 Å². The number of benzene rings is 1. The molecule has 9 nitrogen and oxygen atoms in total. The van der Waals surface area contributed by atoms with E-state index in [1.54, 1.807) is 30.6 Å². The van der Waals surface area contributed by atoms with Crippen LogP contribution in [0.5, 0.6) is 0 Å². The molecule has 1 fully saturated rings. The van der Waals surface area contributed by atoms with Crippen molar-refractivity contribution in [2.75, 3.05) is 45.1 Å². The maximum atomic E-state index is 12.7. The minimum absolute atomic E-state index is 0.112. The Morgan fingerprint density at radius 1 is 1.09 bits per heavy atom. The number of fused-ring (bicyclic) bond motifs is 1. The molecule has 1 amide bonds. The molecule has 9 heteroatoms. The normalized spacial score (nSPS) is 14.4. The van der Waals surface area contributed by atoms with E-state index in [2.05, 4.69) is 25.2 Å². The van der Waals surface area contributed by atoms with Crippen molar-refractivity contribution in [2.24, 2.45) is 0 Å². The Bertz CT molecular complexity index is 1250. The number of pyridine rings is 2. The average molecular weight is 444 g/mol. The van der Waals surface area contributed by atoms with Crippen LogP contribution < -0.4 is 11.1 Å². The van der Waals surface area contributed by atoms with Gasteiger partial charge in [0, 0.05) is 49.7 Å². The number of carbonyl (C=O) groups excluding carboxylic acids is 1. The predicted octanol–water partition coefficient (Wildman–Crippen LogP) is 2.60. The number of hydrogen-bond donors (Lipinski definition) is 2. The van der Waals surface area contributed by atoms with E-state index in [4.69, 9.17) is 14.9 Å². The first-order valence-electron chi connectivity index (χ1n) is 10.8. The number of nitrogens with one attached hydrogen (secondary N) is 1. The van der Waals surface area contributed by atoms with Gasteiger partial charge in [-0.15, -0.1) is 0 Å². The van der Waals surface area contributed by atoms with Crippen molar-refractivity contribution in [3.8, 4) is 22.6 Å². The van der Waals surface area contributed by atoms with Crippen LogP contribution in [0.25, 0.3) is 33.8 Å². The average Bonchev–Trinajstić information content (AvgIpc) is 3.29. The summed E-state index contributed by atoms with van der Waals surface area (Å²) in [4.78, 5) is 27.9. The molecule has 0 aliphatic carbocycles. The zero-order chi connectivity index (χ0) is 22.6. The molecule has 1 aliphatic rings. The molecular formula is C24H24N6O3. The standard InChI is InChI=1S/C24H24N6O3/c25-21-19(24-29-22-20(33-24)5-2-6-26-22)14-18(15-28-21)16-3-1-4-17(13-16)23(31)27-7-8-30-9-11-32-12-10-30/h1-6,13-15H,7-12H2,(H2,25,28)(H,27,31). The van der Waals surface area contributed by atoms with Crippen molar-refractivity contribution >= 4 is 23.0 Å². The smallest absolute Gasteiger partial charge is 0.251 e. The largest absolute Gasteiger partial charge is 0.434 e. The molecule has 4 aromatic rings. The minimum atomic E-state index is -0.112. The number of aromatic nitrogens is 3. The molecule has 4 heterocycles. The van der Waals surface area contributed by atoms with Crippen molar-refractivity contribution in [1.82, 2.24) is 25.2 Å². The lowest BCUT2D eigenvalue weighted by molar-refractivity contribution is 0.0383. The van der Waals surface area contributed by atoms with Gasteiger partial charge in [0.1, 0.15) is 5.82 Å². The maximum Gasteiger partial charge on any atom is 0.251 e. The summed E-state index contributed by atoms with van der Waals surface area (Å²) < 4.78 is 11.2. The van der Waals surface area contributed by atoms with Crippen LogP contribution in [0.4, 0.5) is 5.82 Å². The van der Waals surface area contributed by atoms with Crippen LogP contribution >= 0.6 is 0 Å². The summed E-state index contributed by atoms with van der Waals surface area (Å²) >= 11 is 0. The number of nitrogen functional groups attached to an aromatic ring is 1. The van der Waals surface area contributed by atoms with E-state index in [1.807, 2.05) is 24.3 Å².